The molecule has 7 heteroatoms. The van der Waals surface area contributed by atoms with Crippen LogP contribution in [0.4, 0.5) is 0 Å². The van der Waals surface area contributed by atoms with E-state index in [1.54, 1.807) is 26.0 Å². The highest BCUT2D eigenvalue weighted by Crippen LogP contribution is 2.09. The molecule has 7 nitrogen and oxygen atoms in total. The minimum Gasteiger partial charge on any atom is -0.356 e. The van der Waals surface area contributed by atoms with Crippen molar-refractivity contribution in [3.05, 3.63) is 83.7 Å². The standard InChI is InChI=1S/C24H30N6O/c1-25-24(26-14-12-19-8-7-9-21(16-19)23(31)29(2)3)27-15-13-20-17-28-30(18-20)22-10-5-4-6-11-22/h4-11,16-18H,12-15H2,1-3H3,(H2,25,26,27). The molecule has 3 rings (SSSR count). The van der Waals surface area contributed by atoms with Crippen molar-refractivity contribution in [1.29, 1.82) is 0 Å². The molecule has 2 aromatic carbocycles. The van der Waals surface area contributed by atoms with Crippen LogP contribution in [0.2, 0.25) is 0 Å². The maximum absolute atomic E-state index is 12.1. The monoisotopic (exact) mass is 418 g/mol. The summed E-state index contributed by atoms with van der Waals surface area (Å²) in [5.74, 6) is 0.777. The zero-order valence-corrected chi connectivity index (χ0v) is 18.4. The molecule has 162 valence electrons. The summed E-state index contributed by atoms with van der Waals surface area (Å²) in [6, 6.07) is 17.8. The van der Waals surface area contributed by atoms with Gasteiger partial charge in [-0.1, -0.05) is 30.3 Å². The second-order valence-electron chi connectivity index (χ2n) is 7.45. The molecular formula is C24H30N6O. The number of hydrogen-bond donors (Lipinski definition) is 2. The van der Waals surface area contributed by atoms with Crippen molar-refractivity contribution in [1.82, 2.24) is 25.3 Å². The van der Waals surface area contributed by atoms with Crippen LogP contribution in [0, 0.1) is 0 Å². The van der Waals surface area contributed by atoms with Crippen LogP contribution in [0.3, 0.4) is 0 Å². The van der Waals surface area contributed by atoms with Crippen molar-refractivity contribution in [2.45, 2.75) is 12.8 Å². The Morgan fingerprint density at radius 1 is 1.00 bits per heavy atom. The third kappa shape index (κ3) is 6.44. The van der Waals surface area contributed by atoms with Gasteiger partial charge in [-0.05, 0) is 48.2 Å². The Balaban J connectivity index is 1.43. The second kappa shape index (κ2) is 11.0. The molecule has 31 heavy (non-hydrogen) atoms. The van der Waals surface area contributed by atoms with E-state index in [4.69, 9.17) is 0 Å². The molecule has 0 radical (unpaired) electrons. The van der Waals surface area contributed by atoms with Gasteiger partial charge in [-0.15, -0.1) is 0 Å². The molecule has 0 saturated carbocycles. The van der Waals surface area contributed by atoms with Gasteiger partial charge in [0.1, 0.15) is 0 Å². The Hall–Kier alpha value is -3.61. The number of amides is 1. The summed E-state index contributed by atoms with van der Waals surface area (Å²) < 4.78 is 1.89. The topological polar surface area (TPSA) is 74.6 Å². The number of para-hydroxylation sites is 1. The summed E-state index contributed by atoms with van der Waals surface area (Å²) in [5, 5.41) is 11.1. The van der Waals surface area contributed by atoms with Gasteiger partial charge < -0.3 is 15.5 Å². The number of guanidine groups is 1. The van der Waals surface area contributed by atoms with Gasteiger partial charge in [0.2, 0.25) is 0 Å². The van der Waals surface area contributed by atoms with Crippen molar-refractivity contribution in [3.8, 4) is 5.69 Å². The molecule has 3 aromatic rings. The number of rotatable bonds is 8. The molecule has 1 aromatic heterocycles. The van der Waals surface area contributed by atoms with E-state index in [9.17, 15) is 4.79 Å². The number of hydrogen-bond acceptors (Lipinski definition) is 3. The first-order valence-corrected chi connectivity index (χ1v) is 10.4. The van der Waals surface area contributed by atoms with Crippen LogP contribution < -0.4 is 10.6 Å². The molecule has 0 aliphatic carbocycles. The van der Waals surface area contributed by atoms with Crippen molar-refractivity contribution >= 4 is 11.9 Å². The maximum atomic E-state index is 12.1. The minimum absolute atomic E-state index is 0.0165. The predicted molar refractivity (Wildman–Crippen MR) is 125 cm³/mol. The molecule has 2 N–H and O–H groups in total. The zero-order chi connectivity index (χ0) is 22.1. The van der Waals surface area contributed by atoms with E-state index in [1.165, 1.54) is 0 Å². The van der Waals surface area contributed by atoms with E-state index < -0.39 is 0 Å². The summed E-state index contributed by atoms with van der Waals surface area (Å²) in [4.78, 5) is 18.0. The Morgan fingerprint density at radius 2 is 1.71 bits per heavy atom. The smallest absolute Gasteiger partial charge is 0.253 e. The Bertz CT molecular complexity index is 1010. The van der Waals surface area contributed by atoms with E-state index >= 15 is 0 Å². The van der Waals surface area contributed by atoms with Gasteiger partial charge in [0.15, 0.2) is 5.96 Å². The van der Waals surface area contributed by atoms with Crippen LogP contribution in [-0.2, 0) is 12.8 Å². The third-order valence-corrected chi connectivity index (χ3v) is 4.87. The predicted octanol–water partition coefficient (Wildman–Crippen LogP) is 2.52. The molecule has 0 atom stereocenters. The Kier molecular flexibility index (Phi) is 7.81. The fourth-order valence-corrected chi connectivity index (χ4v) is 3.20. The van der Waals surface area contributed by atoms with Gasteiger partial charge in [-0.2, -0.15) is 5.10 Å². The molecule has 0 saturated heterocycles. The molecule has 0 fully saturated rings. The molecule has 0 aliphatic rings. The van der Waals surface area contributed by atoms with E-state index in [2.05, 4.69) is 26.9 Å². The normalized spacial score (nSPS) is 11.3. The highest BCUT2D eigenvalue weighted by atomic mass is 16.2. The van der Waals surface area contributed by atoms with E-state index in [0.717, 1.165) is 48.7 Å². The summed E-state index contributed by atoms with van der Waals surface area (Å²) in [6.07, 6.45) is 5.60. The SMILES string of the molecule is CN=C(NCCc1cccc(C(=O)N(C)C)c1)NCCc1cnn(-c2ccccc2)c1. The lowest BCUT2D eigenvalue weighted by Gasteiger charge is -2.13. The molecule has 0 aliphatic heterocycles. The van der Waals surface area contributed by atoms with E-state index in [1.807, 2.05) is 65.5 Å². The van der Waals surface area contributed by atoms with Crippen LogP contribution in [0.5, 0.6) is 0 Å². The molecule has 0 bridgehead atoms. The highest BCUT2D eigenvalue weighted by Gasteiger charge is 2.08. The highest BCUT2D eigenvalue weighted by molar-refractivity contribution is 5.94. The fourth-order valence-electron chi connectivity index (χ4n) is 3.20. The first-order chi connectivity index (χ1) is 15.1. The maximum Gasteiger partial charge on any atom is 0.253 e. The minimum atomic E-state index is 0.0165. The molecule has 1 amide bonds. The zero-order valence-electron chi connectivity index (χ0n) is 18.4. The molecule has 0 spiro atoms. The number of carbonyl (C=O) groups is 1. The largest absolute Gasteiger partial charge is 0.356 e. The van der Waals surface area contributed by atoms with Crippen molar-refractivity contribution in [2.75, 3.05) is 34.2 Å². The van der Waals surface area contributed by atoms with Gasteiger partial charge in [0.25, 0.3) is 5.91 Å². The summed E-state index contributed by atoms with van der Waals surface area (Å²) in [7, 11) is 5.29. The quantitative estimate of drug-likeness (QED) is 0.435. The lowest BCUT2D eigenvalue weighted by molar-refractivity contribution is 0.0827. The number of aromatic nitrogens is 2. The van der Waals surface area contributed by atoms with E-state index in [0.29, 0.717) is 5.56 Å². The Morgan fingerprint density at radius 3 is 2.39 bits per heavy atom. The number of nitrogens with zero attached hydrogens (tertiary/aromatic N) is 4. The van der Waals surface area contributed by atoms with Crippen LogP contribution in [0.1, 0.15) is 21.5 Å². The van der Waals surface area contributed by atoms with Crippen LogP contribution in [-0.4, -0.2) is 60.8 Å². The first-order valence-electron chi connectivity index (χ1n) is 10.4. The van der Waals surface area contributed by atoms with Crippen molar-refractivity contribution in [3.63, 3.8) is 0 Å². The summed E-state index contributed by atoms with van der Waals surface area (Å²) in [5.41, 5.74) is 4.04. The lowest BCUT2D eigenvalue weighted by atomic mass is 10.1. The molecule has 1 heterocycles. The van der Waals surface area contributed by atoms with E-state index in [-0.39, 0.29) is 5.91 Å². The molecule has 0 unspecified atom stereocenters. The number of benzene rings is 2. The number of carbonyl (C=O) groups excluding carboxylic acids is 1. The van der Waals surface area contributed by atoms with Crippen LogP contribution >= 0.6 is 0 Å². The number of nitrogens with one attached hydrogen (secondary N) is 2. The van der Waals surface area contributed by atoms with Gasteiger partial charge in [-0.3, -0.25) is 9.79 Å². The summed E-state index contributed by atoms with van der Waals surface area (Å²) >= 11 is 0. The average Bonchev–Trinajstić information content (AvgIpc) is 3.27. The third-order valence-electron chi connectivity index (χ3n) is 4.87. The van der Waals surface area contributed by atoms with Gasteiger partial charge in [0.05, 0.1) is 11.9 Å². The van der Waals surface area contributed by atoms with Gasteiger partial charge in [0, 0.05) is 46.0 Å². The molecular weight excluding hydrogens is 388 g/mol. The summed E-state index contributed by atoms with van der Waals surface area (Å²) in [6.45, 7) is 1.48. The first kappa shape index (κ1) is 22.1. The van der Waals surface area contributed by atoms with Gasteiger partial charge >= 0.3 is 0 Å². The second-order valence-corrected chi connectivity index (χ2v) is 7.45. The van der Waals surface area contributed by atoms with Crippen molar-refractivity contribution < 1.29 is 4.79 Å². The number of aliphatic imine (C=N–C) groups is 1. The van der Waals surface area contributed by atoms with Crippen LogP contribution in [0.15, 0.2) is 72.0 Å². The van der Waals surface area contributed by atoms with Crippen molar-refractivity contribution in [2.24, 2.45) is 4.99 Å². The van der Waals surface area contributed by atoms with Crippen LogP contribution in [0.25, 0.3) is 5.69 Å². The average molecular weight is 419 g/mol. The van der Waals surface area contributed by atoms with Gasteiger partial charge in [-0.25, -0.2) is 4.68 Å². The Labute approximate surface area is 183 Å². The fraction of sp³-hybridized carbons (Fsp3) is 0.292. The lowest BCUT2D eigenvalue weighted by Crippen LogP contribution is -2.39.